The molecule has 0 saturated carbocycles. The van der Waals surface area contributed by atoms with Crippen molar-refractivity contribution in [2.45, 2.75) is 18.7 Å². The summed E-state index contributed by atoms with van der Waals surface area (Å²) >= 11 is 1.35. The van der Waals surface area contributed by atoms with Crippen molar-refractivity contribution in [3.8, 4) is 0 Å². The average Bonchev–Trinajstić information content (AvgIpc) is 3.05. The van der Waals surface area contributed by atoms with Gasteiger partial charge in [-0.3, -0.25) is 19.7 Å². The molecular weight excluding hydrogens is 401 g/mol. The maximum Gasteiger partial charge on any atom is 0.247 e. The zero-order chi connectivity index (χ0) is 21.1. The lowest BCUT2D eigenvalue weighted by atomic mass is 10.1. The number of amides is 1. The number of aliphatic imine (C=N–C) groups is 1. The number of halogens is 1. The van der Waals surface area contributed by atoms with Gasteiger partial charge in [0.15, 0.2) is 5.17 Å². The van der Waals surface area contributed by atoms with Gasteiger partial charge in [-0.1, -0.05) is 30.0 Å². The number of thioether (sulfide) groups is 1. The normalized spacial score (nSPS) is 17.6. The molecule has 0 radical (unpaired) electrons. The number of aromatic nitrogens is 2. The fourth-order valence-corrected chi connectivity index (χ4v) is 4.21. The van der Waals surface area contributed by atoms with Gasteiger partial charge >= 0.3 is 0 Å². The highest BCUT2D eigenvalue weighted by Gasteiger charge is 2.39. The molecule has 0 spiro atoms. The lowest BCUT2D eigenvalue weighted by Crippen LogP contribution is -2.30. The molecule has 1 aliphatic heterocycles. The summed E-state index contributed by atoms with van der Waals surface area (Å²) in [5, 5.41) is 3.15. The molecule has 0 aliphatic carbocycles. The second kappa shape index (κ2) is 8.62. The monoisotopic (exact) mass is 421 g/mol. The lowest BCUT2D eigenvalue weighted by molar-refractivity contribution is -0.126. The van der Waals surface area contributed by atoms with Crippen molar-refractivity contribution in [3.05, 3.63) is 83.7 Å². The SMILES string of the molecule is CNc1ccc(C2SC(=Nc3cccc(F)c3)N(Cc3cnc(C)cn3)C2=O)cc1. The van der Waals surface area contributed by atoms with Gasteiger partial charge < -0.3 is 5.32 Å². The molecule has 8 heteroatoms. The summed E-state index contributed by atoms with van der Waals surface area (Å²) in [5.74, 6) is -0.462. The van der Waals surface area contributed by atoms with Crippen molar-refractivity contribution in [3.63, 3.8) is 0 Å². The number of nitrogens with zero attached hydrogens (tertiary/aromatic N) is 4. The molecule has 1 N–H and O–H groups in total. The molecule has 6 nitrogen and oxygen atoms in total. The summed E-state index contributed by atoms with van der Waals surface area (Å²) in [6, 6.07) is 13.7. The maximum absolute atomic E-state index is 13.6. The second-order valence-corrected chi connectivity index (χ2v) is 7.89. The average molecular weight is 422 g/mol. The predicted molar refractivity (Wildman–Crippen MR) is 117 cm³/mol. The molecular formula is C22H20FN5OS. The van der Waals surface area contributed by atoms with E-state index in [1.54, 1.807) is 29.4 Å². The van der Waals surface area contributed by atoms with Crippen LogP contribution in [-0.4, -0.2) is 33.0 Å². The number of aryl methyl sites for hydroxylation is 1. The van der Waals surface area contributed by atoms with Gasteiger partial charge in [0.05, 0.1) is 29.8 Å². The quantitative estimate of drug-likeness (QED) is 0.658. The van der Waals surface area contributed by atoms with E-state index in [1.807, 2.05) is 38.2 Å². The van der Waals surface area contributed by atoms with Crippen molar-refractivity contribution in [2.24, 2.45) is 4.99 Å². The zero-order valence-electron chi connectivity index (χ0n) is 16.5. The van der Waals surface area contributed by atoms with E-state index in [-0.39, 0.29) is 18.3 Å². The van der Waals surface area contributed by atoms with Crippen LogP contribution >= 0.6 is 11.8 Å². The smallest absolute Gasteiger partial charge is 0.247 e. The number of rotatable bonds is 5. The standard InChI is InChI=1S/C22H20FN5OS/c1-14-11-26-19(12-25-14)13-28-21(29)20(15-6-8-17(24-2)9-7-15)30-22(28)27-18-5-3-4-16(23)10-18/h3-12,20,24H,13H2,1-2H3. The van der Waals surface area contributed by atoms with Crippen molar-refractivity contribution in [2.75, 3.05) is 12.4 Å². The van der Waals surface area contributed by atoms with E-state index in [9.17, 15) is 9.18 Å². The highest BCUT2D eigenvalue weighted by atomic mass is 32.2. The van der Waals surface area contributed by atoms with Gasteiger partial charge in [-0.25, -0.2) is 9.38 Å². The number of carbonyl (C=O) groups excluding carboxylic acids is 1. The Morgan fingerprint density at radius 3 is 2.63 bits per heavy atom. The Hall–Kier alpha value is -3.26. The number of nitrogens with one attached hydrogen (secondary N) is 1. The molecule has 30 heavy (non-hydrogen) atoms. The van der Waals surface area contributed by atoms with Crippen LogP contribution in [0.3, 0.4) is 0 Å². The van der Waals surface area contributed by atoms with Gasteiger partial charge in [0.1, 0.15) is 11.1 Å². The number of carbonyl (C=O) groups is 1. The van der Waals surface area contributed by atoms with Gasteiger partial charge in [-0.05, 0) is 42.8 Å². The van der Waals surface area contributed by atoms with E-state index in [0.717, 1.165) is 16.9 Å². The van der Waals surface area contributed by atoms with Crippen LogP contribution in [0, 0.1) is 12.7 Å². The van der Waals surface area contributed by atoms with Gasteiger partial charge in [0.25, 0.3) is 0 Å². The third kappa shape index (κ3) is 4.33. The molecule has 4 rings (SSSR count). The van der Waals surface area contributed by atoms with Crippen LogP contribution < -0.4 is 5.32 Å². The number of anilines is 1. The zero-order valence-corrected chi connectivity index (χ0v) is 17.4. The first-order chi connectivity index (χ1) is 14.5. The third-order valence-corrected chi connectivity index (χ3v) is 5.87. The molecule has 1 unspecified atom stereocenters. The Kier molecular flexibility index (Phi) is 5.76. The summed E-state index contributed by atoms with van der Waals surface area (Å²) in [5.41, 5.74) is 3.77. The molecule has 0 bridgehead atoms. The fourth-order valence-electron chi connectivity index (χ4n) is 3.04. The third-order valence-electron chi connectivity index (χ3n) is 4.63. The molecule has 1 fully saturated rings. The first-order valence-corrected chi connectivity index (χ1v) is 10.3. The molecule has 1 aromatic heterocycles. The van der Waals surface area contributed by atoms with E-state index in [1.165, 1.54) is 23.9 Å². The fraction of sp³-hybridized carbons (Fsp3) is 0.182. The van der Waals surface area contributed by atoms with Crippen LogP contribution in [0.1, 0.15) is 22.2 Å². The van der Waals surface area contributed by atoms with E-state index in [4.69, 9.17) is 0 Å². The first kappa shape index (κ1) is 20.0. The Bertz CT molecular complexity index is 1090. The van der Waals surface area contributed by atoms with E-state index < -0.39 is 5.25 Å². The molecule has 1 aliphatic rings. The number of hydrogen-bond donors (Lipinski definition) is 1. The highest BCUT2D eigenvalue weighted by Crippen LogP contribution is 2.41. The van der Waals surface area contributed by atoms with E-state index in [0.29, 0.717) is 16.5 Å². The van der Waals surface area contributed by atoms with Crippen LogP contribution in [0.4, 0.5) is 15.8 Å². The van der Waals surface area contributed by atoms with Crippen LogP contribution in [-0.2, 0) is 11.3 Å². The Morgan fingerprint density at radius 1 is 1.17 bits per heavy atom. The lowest BCUT2D eigenvalue weighted by Gasteiger charge is -2.16. The van der Waals surface area contributed by atoms with Crippen LogP contribution in [0.15, 0.2) is 65.9 Å². The Balaban J connectivity index is 1.68. The van der Waals surface area contributed by atoms with Gasteiger partial charge in [0.2, 0.25) is 5.91 Å². The van der Waals surface area contributed by atoms with Crippen LogP contribution in [0.2, 0.25) is 0 Å². The predicted octanol–water partition coefficient (Wildman–Crippen LogP) is 4.47. The summed E-state index contributed by atoms with van der Waals surface area (Å²) in [7, 11) is 1.85. The van der Waals surface area contributed by atoms with Crippen LogP contribution in [0.5, 0.6) is 0 Å². The molecule has 152 valence electrons. The number of amidine groups is 1. The topological polar surface area (TPSA) is 70.5 Å². The molecule has 1 saturated heterocycles. The number of hydrogen-bond acceptors (Lipinski definition) is 6. The Labute approximate surface area is 178 Å². The summed E-state index contributed by atoms with van der Waals surface area (Å²) in [6.07, 6.45) is 3.32. The van der Waals surface area contributed by atoms with E-state index >= 15 is 0 Å². The van der Waals surface area contributed by atoms with Gasteiger partial charge in [-0.15, -0.1) is 0 Å². The Morgan fingerprint density at radius 2 is 1.97 bits per heavy atom. The molecule has 2 heterocycles. The first-order valence-electron chi connectivity index (χ1n) is 9.41. The van der Waals surface area contributed by atoms with Crippen LogP contribution in [0.25, 0.3) is 0 Å². The maximum atomic E-state index is 13.6. The van der Waals surface area contributed by atoms with Gasteiger partial charge in [-0.2, -0.15) is 0 Å². The molecule has 1 amide bonds. The van der Waals surface area contributed by atoms with Crippen molar-refractivity contribution in [1.82, 2.24) is 14.9 Å². The number of benzene rings is 2. The van der Waals surface area contributed by atoms with Crippen molar-refractivity contribution in [1.29, 1.82) is 0 Å². The summed E-state index contributed by atoms with van der Waals surface area (Å²) < 4.78 is 13.6. The minimum Gasteiger partial charge on any atom is -0.388 e. The molecule has 2 aromatic carbocycles. The van der Waals surface area contributed by atoms with Gasteiger partial charge in [0, 0.05) is 18.9 Å². The second-order valence-electron chi connectivity index (χ2n) is 6.82. The minimum absolute atomic E-state index is 0.0882. The summed E-state index contributed by atoms with van der Waals surface area (Å²) in [6.45, 7) is 2.10. The highest BCUT2D eigenvalue weighted by molar-refractivity contribution is 8.15. The minimum atomic E-state index is -0.429. The molecule has 1 atom stereocenters. The van der Waals surface area contributed by atoms with E-state index in [2.05, 4.69) is 20.3 Å². The molecule has 3 aromatic rings. The van der Waals surface area contributed by atoms with Crippen molar-refractivity contribution < 1.29 is 9.18 Å². The van der Waals surface area contributed by atoms with Crippen molar-refractivity contribution >= 4 is 34.2 Å². The largest absolute Gasteiger partial charge is 0.388 e. The summed E-state index contributed by atoms with van der Waals surface area (Å²) in [4.78, 5) is 28.1.